The maximum Gasteiger partial charge on any atom is 0.326 e. The molecular formula is C73H120ClN3O15S2. The Balaban J connectivity index is 0.000000227. The van der Waals surface area contributed by atoms with Gasteiger partial charge in [0, 0.05) is 81.8 Å². The number of ketones is 5. The van der Waals surface area contributed by atoms with E-state index in [0.717, 1.165) is 109 Å². The molecule has 4 heterocycles. The number of aliphatic carboxylic acids is 1. The predicted octanol–water partition coefficient (Wildman–Crippen LogP) is 10.7. The zero-order valence-corrected chi connectivity index (χ0v) is 61.5. The summed E-state index contributed by atoms with van der Waals surface area (Å²) in [5.74, 6) is -1.87. The van der Waals surface area contributed by atoms with Gasteiger partial charge in [0.15, 0.2) is 37.0 Å². The number of hydrogen-bond acceptors (Lipinski definition) is 15. The minimum absolute atomic E-state index is 0. The molecule has 0 aromatic rings. The number of aliphatic hydroxyl groups excluding tert-OH is 2. The Bertz CT molecular complexity index is 3000. The maximum atomic E-state index is 14.5. The summed E-state index contributed by atoms with van der Waals surface area (Å²) in [5, 5.41) is 29.6. The number of rotatable bonds is 28. The van der Waals surface area contributed by atoms with Gasteiger partial charge in [-0.3, -0.25) is 33.6 Å². The smallest absolute Gasteiger partial charge is 0.326 e. The Morgan fingerprint density at radius 2 is 0.915 bits per heavy atom. The highest BCUT2D eigenvalue weighted by molar-refractivity contribution is 7.93. The lowest BCUT2D eigenvalue weighted by molar-refractivity contribution is -0.154. The van der Waals surface area contributed by atoms with Crippen LogP contribution < -0.4 is 5.73 Å². The lowest BCUT2D eigenvalue weighted by atomic mass is 9.66. The van der Waals surface area contributed by atoms with Gasteiger partial charge in [-0.15, -0.1) is 12.4 Å². The first kappa shape index (κ1) is 78.2. The summed E-state index contributed by atoms with van der Waals surface area (Å²) in [7, 11) is -6.31. The van der Waals surface area contributed by atoms with E-state index < -0.39 is 99.8 Å². The van der Waals surface area contributed by atoms with Crippen LogP contribution in [0, 0.1) is 85.8 Å². The molecule has 0 radical (unpaired) electrons. The number of fused-ring (bicyclic) bond motifs is 2. The van der Waals surface area contributed by atoms with Crippen LogP contribution in [-0.2, 0) is 58.0 Å². The molecule has 0 aromatic carbocycles. The van der Waals surface area contributed by atoms with Crippen molar-refractivity contribution in [3.8, 4) is 0 Å². The monoisotopic (exact) mass is 1380 g/mol. The summed E-state index contributed by atoms with van der Waals surface area (Å²) in [4.78, 5) is 109. The van der Waals surface area contributed by atoms with Crippen LogP contribution in [0.5, 0.6) is 0 Å². The first-order chi connectivity index (χ1) is 43.2. The van der Waals surface area contributed by atoms with Gasteiger partial charge >= 0.3 is 5.97 Å². The summed E-state index contributed by atoms with van der Waals surface area (Å²) in [5.41, 5.74) is 3.42. The van der Waals surface area contributed by atoms with E-state index >= 15 is 0 Å². The third-order valence-electron chi connectivity index (χ3n) is 25.1. The summed E-state index contributed by atoms with van der Waals surface area (Å²) in [6.45, 7) is 25.0. The molecule has 10 fully saturated rings. The van der Waals surface area contributed by atoms with E-state index in [1.165, 1.54) is 4.90 Å². The molecule has 2 unspecified atom stereocenters. The van der Waals surface area contributed by atoms with Gasteiger partial charge in [-0.05, 0) is 145 Å². The maximum absolute atomic E-state index is 14.5. The predicted molar refractivity (Wildman–Crippen MR) is 365 cm³/mol. The number of carboxylic acid groups (broad SMARTS) is 1. The Morgan fingerprint density at radius 1 is 0.543 bits per heavy atom. The number of nitrogens with two attached hydrogens (primary N) is 1. The number of sulfone groups is 2. The van der Waals surface area contributed by atoms with E-state index in [9.17, 15) is 70.5 Å². The Hall–Kier alpha value is -3.17. The van der Waals surface area contributed by atoms with Crippen molar-refractivity contribution < 1.29 is 70.5 Å². The summed E-state index contributed by atoms with van der Waals surface area (Å²) < 4.78 is 50.6. The van der Waals surface area contributed by atoms with Gasteiger partial charge in [0.05, 0.1) is 28.0 Å². The molecule has 6 aliphatic carbocycles. The third kappa shape index (κ3) is 17.3. The number of carboxylic acids is 1. The largest absolute Gasteiger partial charge is 0.480 e. The standard InChI is InChI=1S/C37H59NO7S.C26H41NO6S.C10H19NO2.ClH/c1-7-11-24(33(42)29(41)18-23-12-13-23)19-28(40)32-31-27(36(31,5)6)22-38(32)34(43)26(35(2,3)4)20-25(39)21-37(15-9-8-10-16-37)30-14-17-46(30,44)45;1-24(2,3)17(22(29)27-15-18-20(25(18,4)5)21(27)23(30)31)13-16(28)14-26(10-7-6-8-11-26)19-9-12-34(19,32)33;1-2-3-8(11)10(13)9(12)6-7-4-5-7;/h23-24,26-27,30-33,42H,7-22H2,1-6H3;17-21H,6-15H2,1-5H3,(H,30,31);7-8,10,13H,2-6,11H2,1H3;1H/t24-,26-,27+,30+,31+,32-,33?;17-,18+,19+,20+,21+;8-,10?;/m110./s1. The van der Waals surface area contributed by atoms with E-state index in [1.807, 2.05) is 55.4 Å². The minimum Gasteiger partial charge on any atom is -0.480 e. The highest BCUT2D eigenvalue weighted by Crippen LogP contribution is 2.67. The second-order valence-electron chi connectivity index (χ2n) is 34.7. The van der Waals surface area contributed by atoms with Gasteiger partial charge in [0.2, 0.25) is 11.8 Å². The van der Waals surface area contributed by atoms with Crippen molar-refractivity contribution >= 4 is 78.8 Å². The van der Waals surface area contributed by atoms with Crippen molar-refractivity contribution in [1.29, 1.82) is 0 Å². The first-order valence-electron chi connectivity index (χ1n) is 36.2. The van der Waals surface area contributed by atoms with Crippen LogP contribution >= 0.6 is 12.4 Å². The summed E-state index contributed by atoms with van der Waals surface area (Å²) in [6.07, 6.45) is 16.7. The Morgan fingerprint density at radius 3 is 1.24 bits per heavy atom. The topological polar surface area (TPSA) is 298 Å². The summed E-state index contributed by atoms with van der Waals surface area (Å²) >= 11 is 0. The van der Waals surface area contributed by atoms with Crippen LogP contribution in [0.3, 0.4) is 0 Å². The quantitative estimate of drug-likeness (QED) is 0.0566. The third-order valence-corrected chi connectivity index (χ3v) is 29.9. The van der Waals surface area contributed by atoms with Crippen LogP contribution in [0.4, 0.5) is 0 Å². The fourth-order valence-electron chi connectivity index (χ4n) is 18.5. The molecule has 10 aliphatic rings. The van der Waals surface area contributed by atoms with E-state index in [1.54, 1.807) is 4.90 Å². The van der Waals surface area contributed by atoms with Crippen molar-refractivity contribution in [2.45, 2.75) is 297 Å². The van der Waals surface area contributed by atoms with Gasteiger partial charge < -0.3 is 30.9 Å². The SMILES string of the molecule is CC(C)(C)[C@H](CC(=O)CC1([C@@H]2CCS2(=O)=O)CCCCC1)C(=O)N1C[C@H]2[C@@H]([C@H]1C(=O)O)C2(C)C.CCC[C@H](CC(=O)[C@@H]1[C@@H]2[C@H](CN1C(=O)[C@@H](CC(=O)CC1([C@@H]3CCS3(=O)=O)CCCCC1)C(C)(C)C)C2(C)C)C(O)C(=O)CC1CC1.CCC[C@H](N)C(O)C(=O)CC1CC1.Cl. The van der Waals surface area contributed by atoms with Crippen molar-refractivity contribution in [3.63, 3.8) is 0 Å². The van der Waals surface area contributed by atoms with E-state index in [0.29, 0.717) is 57.0 Å². The average molecular weight is 1380 g/mol. The zero-order valence-electron chi connectivity index (χ0n) is 59.1. The minimum atomic E-state index is -3.17. The number of carbonyl (C=O) groups is 8. The highest BCUT2D eigenvalue weighted by atomic mass is 35.5. The van der Waals surface area contributed by atoms with Crippen LogP contribution in [0.2, 0.25) is 0 Å². The van der Waals surface area contributed by atoms with Crippen LogP contribution in [-0.4, -0.2) is 154 Å². The van der Waals surface area contributed by atoms with Gasteiger partial charge in [-0.25, -0.2) is 21.6 Å². The number of likely N-dealkylation sites (tertiary alicyclic amines) is 2. The highest BCUT2D eigenvalue weighted by Gasteiger charge is 2.71. The number of halogens is 1. The molecule has 536 valence electrons. The molecule has 18 nitrogen and oxygen atoms in total. The zero-order chi connectivity index (χ0) is 68.9. The van der Waals surface area contributed by atoms with Crippen molar-refractivity contribution in [2.24, 2.45) is 91.5 Å². The lowest BCUT2D eigenvalue weighted by Crippen LogP contribution is -2.52. The lowest BCUT2D eigenvalue weighted by Gasteiger charge is -2.47. The van der Waals surface area contributed by atoms with Crippen LogP contribution in [0.15, 0.2) is 0 Å². The number of hydrogen-bond donors (Lipinski definition) is 4. The van der Waals surface area contributed by atoms with E-state index in [-0.39, 0.29) is 137 Å². The molecule has 14 atom stereocenters. The van der Waals surface area contributed by atoms with Gasteiger partial charge in [0.25, 0.3) is 0 Å². The Kier molecular flexibility index (Phi) is 24.9. The molecule has 2 amide bonds. The molecule has 4 aliphatic heterocycles. The molecule has 0 bridgehead atoms. The molecule has 4 saturated heterocycles. The fraction of sp³-hybridized carbons (Fsp3) is 0.890. The van der Waals surface area contributed by atoms with Crippen molar-refractivity contribution in [3.05, 3.63) is 0 Å². The molecule has 0 aromatic heterocycles. The number of nitrogens with zero attached hydrogens (tertiary/aromatic N) is 2. The molecule has 5 N–H and O–H groups in total. The van der Waals surface area contributed by atoms with E-state index in [4.69, 9.17) is 5.73 Å². The number of aliphatic hydroxyl groups is 2. The summed E-state index contributed by atoms with van der Waals surface area (Å²) in [6, 6.07) is -1.82. The van der Waals surface area contributed by atoms with Crippen molar-refractivity contribution in [2.75, 3.05) is 24.6 Å². The van der Waals surface area contributed by atoms with Crippen molar-refractivity contribution in [1.82, 2.24) is 9.80 Å². The van der Waals surface area contributed by atoms with Gasteiger partial charge in [0.1, 0.15) is 29.8 Å². The molecular weight excluding hydrogens is 1260 g/mol. The van der Waals surface area contributed by atoms with Crippen LogP contribution in [0.25, 0.3) is 0 Å². The van der Waals surface area contributed by atoms with Gasteiger partial charge in [-0.2, -0.15) is 0 Å². The molecule has 0 spiro atoms. The number of piperidine rings is 2. The fourth-order valence-corrected chi connectivity index (χ4v) is 22.4. The normalized spacial score (nSPS) is 30.5. The second-order valence-corrected chi connectivity index (χ2v) is 39.3. The Labute approximate surface area is 569 Å². The average Bonchev–Trinajstić information content (AvgIpc) is 1.53. The first-order valence-corrected chi connectivity index (χ1v) is 39.6. The molecule has 10 rings (SSSR count). The van der Waals surface area contributed by atoms with E-state index in [2.05, 4.69) is 27.7 Å². The number of carbonyl (C=O) groups excluding carboxylic acids is 7. The molecule has 6 saturated carbocycles. The van der Waals surface area contributed by atoms with Crippen LogP contribution in [0.1, 0.15) is 256 Å². The second kappa shape index (κ2) is 30.0. The number of Topliss-reactive ketones (excluding diaryl/α,β-unsaturated/α-hetero) is 5. The molecule has 21 heteroatoms. The van der Waals surface area contributed by atoms with Gasteiger partial charge in [-0.1, -0.05) is 134 Å². The number of amides is 2. The molecule has 94 heavy (non-hydrogen) atoms.